The van der Waals surface area contributed by atoms with E-state index in [1.807, 2.05) is 6.07 Å². The molecule has 0 spiro atoms. The number of aromatic nitrogens is 1. The number of Topliss-reactive ketones (excluding diaryl/α,β-unsaturated/α-hetero) is 1. The normalized spacial score (nSPS) is 10.4. The third-order valence-electron chi connectivity index (χ3n) is 5.50. The van der Waals surface area contributed by atoms with E-state index in [1.54, 1.807) is 36.4 Å². The predicted octanol–water partition coefficient (Wildman–Crippen LogP) is 4.28. The zero-order chi connectivity index (χ0) is 27.4. The molecule has 0 saturated heterocycles. The van der Waals surface area contributed by atoms with Gasteiger partial charge in [0.15, 0.2) is 11.3 Å². The Kier molecular flexibility index (Phi) is 7.16. The van der Waals surface area contributed by atoms with E-state index in [4.69, 9.17) is 9.78 Å². The van der Waals surface area contributed by atoms with Crippen molar-refractivity contribution in [1.82, 2.24) is 5.16 Å². The number of rotatable bonds is 8. The van der Waals surface area contributed by atoms with Crippen LogP contribution in [0.25, 0.3) is 22.1 Å². The fourth-order valence-electron chi connectivity index (χ4n) is 3.77. The number of fused-ring (bicyclic) bond motifs is 1. The maximum Gasteiger partial charge on any atom is 0.337 e. The number of anilines is 3. The Morgan fingerprint density at radius 2 is 1.71 bits per heavy atom. The van der Waals surface area contributed by atoms with Gasteiger partial charge in [-0.15, -0.1) is 0 Å². The fourth-order valence-corrected chi connectivity index (χ4v) is 3.77. The summed E-state index contributed by atoms with van der Waals surface area (Å²) in [6, 6.07) is 16.0. The summed E-state index contributed by atoms with van der Waals surface area (Å²) < 4.78 is 5.38. The van der Waals surface area contributed by atoms with Crippen LogP contribution in [0.15, 0.2) is 59.1 Å². The molecule has 4 rings (SSSR count). The molecule has 0 aliphatic carbocycles. The molecular formula is C27H21N5O6. The zero-order valence-electron chi connectivity index (χ0n) is 20.3. The molecule has 0 saturated carbocycles. The number of carboxylic acids is 1. The summed E-state index contributed by atoms with van der Waals surface area (Å²) in [5.41, 5.74) is 2.56. The number of aromatic carboxylic acids is 1. The summed E-state index contributed by atoms with van der Waals surface area (Å²) in [4.78, 5) is 47.7. The number of hydrogen-bond acceptors (Lipinski definition) is 8. The zero-order valence-corrected chi connectivity index (χ0v) is 20.3. The van der Waals surface area contributed by atoms with E-state index in [0.29, 0.717) is 22.3 Å². The first-order valence-electron chi connectivity index (χ1n) is 11.3. The monoisotopic (exact) mass is 511 g/mol. The molecule has 3 aromatic carbocycles. The largest absolute Gasteiger partial charge is 0.478 e. The van der Waals surface area contributed by atoms with Gasteiger partial charge in [-0.05, 0) is 48.9 Å². The van der Waals surface area contributed by atoms with E-state index in [-0.39, 0.29) is 46.3 Å². The number of benzene rings is 3. The van der Waals surface area contributed by atoms with Crippen LogP contribution in [-0.2, 0) is 9.59 Å². The lowest BCUT2D eigenvalue weighted by atomic mass is 10.00. The standard InChI is InChI=1S/C27H21N5O6/c1-14(33)13-29-23-11-24-21(10-19(23)17-4-6-18(7-5-17)30-15(2)34)25(32-38-24)26(35)31-22-8-3-16(12-28)9-20(22)27(36)37/h3-11,29H,13H2,1-2H3,(H,30,34)(H,31,35)(H,36,37). The van der Waals surface area contributed by atoms with Crippen molar-refractivity contribution in [2.45, 2.75) is 13.8 Å². The molecule has 1 aromatic heterocycles. The molecule has 0 bridgehead atoms. The van der Waals surface area contributed by atoms with Crippen LogP contribution < -0.4 is 16.0 Å². The highest BCUT2D eigenvalue weighted by molar-refractivity contribution is 6.13. The van der Waals surface area contributed by atoms with Gasteiger partial charge in [-0.25, -0.2) is 4.79 Å². The number of carbonyl (C=O) groups is 4. The van der Waals surface area contributed by atoms with Crippen molar-refractivity contribution in [3.8, 4) is 17.2 Å². The van der Waals surface area contributed by atoms with Gasteiger partial charge >= 0.3 is 5.97 Å². The lowest BCUT2D eigenvalue weighted by Crippen LogP contribution is -2.15. The van der Waals surface area contributed by atoms with Crippen molar-refractivity contribution in [1.29, 1.82) is 5.26 Å². The highest BCUT2D eigenvalue weighted by Gasteiger charge is 2.22. The van der Waals surface area contributed by atoms with Crippen LogP contribution in [0.1, 0.15) is 40.3 Å². The SMILES string of the molecule is CC(=O)CNc1cc2onc(C(=O)Nc3ccc(C#N)cc3C(=O)O)c2cc1-c1ccc(NC(C)=O)cc1. The molecule has 0 atom stereocenters. The lowest BCUT2D eigenvalue weighted by Gasteiger charge is -2.13. The van der Waals surface area contributed by atoms with Gasteiger partial charge in [-0.3, -0.25) is 14.4 Å². The van der Waals surface area contributed by atoms with Crippen LogP contribution in [-0.4, -0.2) is 40.4 Å². The van der Waals surface area contributed by atoms with Crippen molar-refractivity contribution in [2.75, 3.05) is 22.5 Å². The van der Waals surface area contributed by atoms with E-state index in [2.05, 4.69) is 21.1 Å². The highest BCUT2D eigenvalue weighted by atomic mass is 16.5. The molecule has 11 nitrogen and oxygen atoms in total. The molecule has 0 aliphatic heterocycles. The molecular weight excluding hydrogens is 490 g/mol. The number of carbonyl (C=O) groups excluding carboxylic acids is 3. The number of nitriles is 1. The lowest BCUT2D eigenvalue weighted by molar-refractivity contribution is -0.115. The second-order valence-electron chi connectivity index (χ2n) is 8.37. The van der Waals surface area contributed by atoms with Crippen molar-refractivity contribution in [3.05, 3.63) is 71.4 Å². The third-order valence-corrected chi connectivity index (χ3v) is 5.50. The first-order valence-corrected chi connectivity index (χ1v) is 11.3. The van der Waals surface area contributed by atoms with E-state index in [9.17, 15) is 24.3 Å². The average molecular weight is 511 g/mol. The first kappa shape index (κ1) is 25.6. The van der Waals surface area contributed by atoms with Gasteiger partial charge in [0, 0.05) is 29.9 Å². The quantitative estimate of drug-likeness (QED) is 0.269. The number of carboxylic acid groups (broad SMARTS) is 1. The Balaban J connectivity index is 1.75. The minimum Gasteiger partial charge on any atom is -0.478 e. The summed E-state index contributed by atoms with van der Waals surface area (Å²) in [5, 5.41) is 31.1. The van der Waals surface area contributed by atoms with Gasteiger partial charge in [0.05, 0.1) is 34.8 Å². The minimum absolute atomic E-state index is 0.00817. The van der Waals surface area contributed by atoms with Gasteiger partial charge in [0.25, 0.3) is 5.91 Å². The molecule has 4 N–H and O–H groups in total. The predicted molar refractivity (Wildman–Crippen MR) is 139 cm³/mol. The molecule has 190 valence electrons. The molecule has 38 heavy (non-hydrogen) atoms. The van der Waals surface area contributed by atoms with Crippen LogP contribution in [0.2, 0.25) is 0 Å². The van der Waals surface area contributed by atoms with Gasteiger partial charge in [0.1, 0.15) is 5.78 Å². The van der Waals surface area contributed by atoms with E-state index < -0.39 is 11.9 Å². The van der Waals surface area contributed by atoms with Crippen LogP contribution in [0.4, 0.5) is 17.1 Å². The Labute approximate surface area is 216 Å². The maximum atomic E-state index is 13.1. The van der Waals surface area contributed by atoms with Crippen molar-refractivity contribution >= 4 is 51.6 Å². The van der Waals surface area contributed by atoms with Crippen LogP contribution in [0.5, 0.6) is 0 Å². The molecule has 0 unspecified atom stereocenters. The minimum atomic E-state index is -1.31. The molecule has 0 radical (unpaired) electrons. The molecule has 11 heteroatoms. The van der Waals surface area contributed by atoms with Crippen molar-refractivity contribution in [2.24, 2.45) is 0 Å². The maximum absolute atomic E-state index is 13.1. The van der Waals surface area contributed by atoms with Gasteiger partial charge < -0.3 is 25.6 Å². The smallest absolute Gasteiger partial charge is 0.337 e. The van der Waals surface area contributed by atoms with Gasteiger partial charge in [0.2, 0.25) is 5.91 Å². The second-order valence-corrected chi connectivity index (χ2v) is 8.37. The van der Waals surface area contributed by atoms with Crippen LogP contribution in [0.3, 0.4) is 0 Å². The number of nitrogens with zero attached hydrogens (tertiary/aromatic N) is 2. The van der Waals surface area contributed by atoms with Crippen LogP contribution in [0, 0.1) is 11.3 Å². The first-order chi connectivity index (χ1) is 18.2. The topological polar surface area (TPSA) is 174 Å². The van der Waals surface area contributed by atoms with E-state index in [0.717, 1.165) is 11.6 Å². The molecule has 0 aliphatic rings. The summed E-state index contributed by atoms with van der Waals surface area (Å²) in [6.07, 6.45) is 0. The van der Waals surface area contributed by atoms with Crippen molar-refractivity contribution < 1.29 is 28.8 Å². The summed E-state index contributed by atoms with van der Waals surface area (Å²) >= 11 is 0. The number of nitrogens with one attached hydrogen (secondary N) is 3. The van der Waals surface area contributed by atoms with Gasteiger partial charge in [-0.2, -0.15) is 5.26 Å². The van der Waals surface area contributed by atoms with Gasteiger partial charge in [-0.1, -0.05) is 17.3 Å². The Morgan fingerprint density at radius 3 is 2.34 bits per heavy atom. The Bertz CT molecular complexity index is 1630. The number of ketones is 1. The van der Waals surface area contributed by atoms with E-state index >= 15 is 0 Å². The second kappa shape index (κ2) is 10.6. The molecule has 4 aromatic rings. The summed E-state index contributed by atoms with van der Waals surface area (Å²) in [5.74, 6) is -2.33. The number of amides is 2. The molecule has 0 fully saturated rings. The molecule has 1 heterocycles. The fraction of sp³-hybridized carbons (Fsp3) is 0.111. The highest BCUT2D eigenvalue weighted by Crippen LogP contribution is 2.35. The third kappa shape index (κ3) is 5.50. The Morgan fingerprint density at radius 1 is 0.974 bits per heavy atom. The van der Waals surface area contributed by atoms with E-state index in [1.165, 1.54) is 26.0 Å². The Hall–Kier alpha value is -5.50. The summed E-state index contributed by atoms with van der Waals surface area (Å²) in [6.45, 7) is 2.90. The average Bonchev–Trinajstić information content (AvgIpc) is 3.30. The number of hydrogen-bond donors (Lipinski definition) is 4. The summed E-state index contributed by atoms with van der Waals surface area (Å²) in [7, 11) is 0. The van der Waals surface area contributed by atoms with Crippen molar-refractivity contribution in [3.63, 3.8) is 0 Å². The molecule has 2 amide bonds. The van der Waals surface area contributed by atoms with Crippen LogP contribution >= 0.6 is 0 Å².